The standard InChI is InChI=1S/C16H16BrNOS/c1-3-18-14-5-4-11(17)8-12(14)13(16(18)19)9-15-10(2)6-7-20-15/h4-8,13H,3,9H2,1-2H3/t13-/m0/s1. The Kier molecular flexibility index (Phi) is 3.69. The van der Waals surface area contributed by atoms with E-state index in [1.54, 1.807) is 11.3 Å². The molecule has 0 radical (unpaired) electrons. The van der Waals surface area contributed by atoms with Gasteiger partial charge < -0.3 is 4.90 Å². The zero-order chi connectivity index (χ0) is 14.3. The summed E-state index contributed by atoms with van der Waals surface area (Å²) in [5.74, 6) is 0.188. The first kappa shape index (κ1) is 13.8. The molecule has 0 saturated carbocycles. The Bertz CT molecular complexity index is 664. The highest BCUT2D eigenvalue weighted by Crippen LogP contribution is 2.41. The number of carbonyl (C=O) groups is 1. The second-order valence-electron chi connectivity index (χ2n) is 5.07. The Morgan fingerprint density at radius 1 is 1.35 bits per heavy atom. The minimum Gasteiger partial charge on any atom is -0.312 e. The first-order valence-electron chi connectivity index (χ1n) is 6.75. The predicted molar refractivity (Wildman–Crippen MR) is 87.7 cm³/mol. The van der Waals surface area contributed by atoms with Crippen LogP contribution in [0.3, 0.4) is 0 Å². The normalized spacial score (nSPS) is 17.6. The lowest BCUT2D eigenvalue weighted by molar-refractivity contribution is -0.119. The summed E-state index contributed by atoms with van der Waals surface area (Å²) >= 11 is 5.26. The second-order valence-corrected chi connectivity index (χ2v) is 6.99. The van der Waals surface area contributed by atoms with Crippen molar-refractivity contribution in [3.8, 4) is 0 Å². The van der Waals surface area contributed by atoms with Crippen molar-refractivity contribution in [1.82, 2.24) is 0 Å². The minimum atomic E-state index is -0.0419. The van der Waals surface area contributed by atoms with Gasteiger partial charge in [-0.05, 0) is 61.0 Å². The van der Waals surface area contributed by atoms with Crippen molar-refractivity contribution in [2.75, 3.05) is 11.4 Å². The molecule has 0 aliphatic carbocycles. The number of nitrogens with zero attached hydrogens (tertiary/aromatic N) is 1. The van der Waals surface area contributed by atoms with Crippen LogP contribution >= 0.6 is 27.3 Å². The molecular weight excluding hydrogens is 334 g/mol. The van der Waals surface area contributed by atoms with E-state index in [0.29, 0.717) is 0 Å². The molecule has 3 rings (SSSR count). The van der Waals surface area contributed by atoms with Gasteiger partial charge in [-0.2, -0.15) is 0 Å². The van der Waals surface area contributed by atoms with Crippen molar-refractivity contribution in [3.63, 3.8) is 0 Å². The monoisotopic (exact) mass is 349 g/mol. The van der Waals surface area contributed by atoms with Crippen LogP contribution in [0, 0.1) is 6.92 Å². The maximum absolute atomic E-state index is 12.7. The number of hydrogen-bond acceptors (Lipinski definition) is 2. The van der Waals surface area contributed by atoms with Crippen molar-refractivity contribution >= 4 is 38.9 Å². The Labute approximate surface area is 131 Å². The number of benzene rings is 1. The highest BCUT2D eigenvalue weighted by Gasteiger charge is 2.36. The number of amides is 1. The van der Waals surface area contributed by atoms with Crippen LogP contribution in [0.4, 0.5) is 5.69 Å². The summed E-state index contributed by atoms with van der Waals surface area (Å²) < 4.78 is 1.04. The van der Waals surface area contributed by atoms with Crippen molar-refractivity contribution in [2.45, 2.75) is 26.2 Å². The third-order valence-corrected chi connectivity index (χ3v) is 5.43. The van der Waals surface area contributed by atoms with Crippen molar-refractivity contribution in [1.29, 1.82) is 0 Å². The Hall–Kier alpha value is -1.13. The van der Waals surface area contributed by atoms with Crippen LogP contribution in [0.25, 0.3) is 0 Å². The van der Waals surface area contributed by atoms with Crippen molar-refractivity contribution in [3.05, 3.63) is 50.1 Å². The molecule has 0 saturated heterocycles. The summed E-state index contributed by atoms with van der Waals surface area (Å²) in [6.45, 7) is 4.88. The topological polar surface area (TPSA) is 20.3 Å². The Balaban J connectivity index is 2.02. The zero-order valence-electron chi connectivity index (χ0n) is 11.5. The fourth-order valence-corrected chi connectivity index (χ4v) is 4.14. The van der Waals surface area contributed by atoms with Crippen LogP contribution in [0.1, 0.15) is 28.8 Å². The zero-order valence-corrected chi connectivity index (χ0v) is 13.9. The molecule has 0 fully saturated rings. The lowest BCUT2D eigenvalue weighted by atomic mass is 9.95. The van der Waals surface area contributed by atoms with E-state index in [9.17, 15) is 4.79 Å². The van der Waals surface area contributed by atoms with E-state index in [1.807, 2.05) is 24.0 Å². The number of likely N-dealkylation sites (N-methyl/N-ethyl adjacent to an activating group) is 1. The summed E-state index contributed by atoms with van der Waals surface area (Å²) in [6.07, 6.45) is 0.808. The van der Waals surface area contributed by atoms with Gasteiger partial charge in [0.05, 0.1) is 5.92 Å². The molecule has 1 aromatic carbocycles. The lowest BCUT2D eigenvalue weighted by Crippen LogP contribution is -2.28. The Morgan fingerprint density at radius 2 is 2.15 bits per heavy atom. The number of anilines is 1. The fraction of sp³-hybridized carbons (Fsp3) is 0.312. The van der Waals surface area contributed by atoms with Crippen LogP contribution in [0.5, 0.6) is 0 Å². The fourth-order valence-electron chi connectivity index (χ4n) is 2.81. The van der Waals surface area contributed by atoms with Crippen molar-refractivity contribution in [2.24, 2.45) is 0 Å². The number of carbonyl (C=O) groups excluding carboxylic acids is 1. The van der Waals surface area contributed by atoms with Crippen LogP contribution in [-0.4, -0.2) is 12.5 Å². The maximum Gasteiger partial charge on any atom is 0.234 e. The quantitative estimate of drug-likeness (QED) is 0.798. The molecule has 0 spiro atoms. The van der Waals surface area contributed by atoms with Gasteiger partial charge in [0.25, 0.3) is 0 Å². The van der Waals surface area contributed by atoms with Gasteiger partial charge in [0.1, 0.15) is 0 Å². The van der Waals surface area contributed by atoms with Crippen LogP contribution < -0.4 is 4.90 Å². The molecule has 1 aromatic heterocycles. The summed E-state index contributed by atoms with van der Waals surface area (Å²) in [7, 11) is 0. The van der Waals surface area contributed by atoms with E-state index in [-0.39, 0.29) is 11.8 Å². The largest absolute Gasteiger partial charge is 0.312 e. The third kappa shape index (κ3) is 2.21. The number of halogens is 1. The average molecular weight is 350 g/mol. The van der Waals surface area contributed by atoms with Gasteiger partial charge in [0.15, 0.2) is 0 Å². The lowest BCUT2D eigenvalue weighted by Gasteiger charge is -2.15. The van der Waals surface area contributed by atoms with Gasteiger partial charge in [0, 0.05) is 21.6 Å². The molecule has 0 N–H and O–H groups in total. The van der Waals surface area contributed by atoms with Crippen LogP contribution in [-0.2, 0) is 11.2 Å². The number of fused-ring (bicyclic) bond motifs is 1. The SMILES string of the molecule is CCN1C(=O)[C@@H](Cc2sccc2C)c2cc(Br)ccc21. The van der Waals surface area contributed by atoms with E-state index >= 15 is 0 Å². The molecule has 2 heterocycles. The van der Waals surface area contributed by atoms with E-state index in [4.69, 9.17) is 0 Å². The highest BCUT2D eigenvalue weighted by atomic mass is 79.9. The van der Waals surface area contributed by atoms with E-state index in [1.165, 1.54) is 10.4 Å². The van der Waals surface area contributed by atoms with Gasteiger partial charge in [-0.1, -0.05) is 15.9 Å². The van der Waals surface area contributed by atoms with Gasteiger partial charge in [-0.3, -0.25) is 4.79 Å². The number of hydrogen-bond donors (Lipinski definition) is 0. The van der Waals surface area contributed by atoms with Crippen LogP contribution in [0.2, 0.25) is 0 Å². The summed E-state index contributed by atoms with van der Waals surface area (Å²) in [6, 6.07) is 8.27. The van der Waals surface area contributed by atoms with Gasteiger partial charge in [0.2, 0.25) is 5.91 Å². The first-order chi connectivity index (χ1) is 9.61. The Morgan fingerprint density at radius 3 is 2.80 bits per heavy atom. The molecule has 1 atom stereocenters. The molecule has 1 aliphatic rings. The van der Waals surface area contributed by atoms with Gasteiger partial charge >= 0.3 is 0 Å². The smallest absolute Gasteiger partial charge is 0.234 e. The average Bonchev–Trinajstić information content (AvgIpc) is 2.93. The van der Waals surface area contributed by atoms with Gasteiger partial charge in [-0.15, -0.1) is 11.3 Å². The van der Waals surface area contributed by atoms with Gasteiger partial charge in [-0.25, -0.2) is 0 Å². The molecule has 1 amide bonds. The van der Waals surface area contributed by atoms with E-state index in [2.05, 4.69) is 40.4 Å². The number of aryl methyl sites for hydroxylation is 1. The maximum atomic E-state index is 12.7. The molecule has 4 heteroatoms. The first-order valence-corrected chi connectivity index (χ1v) is 8.43. The molecule has 2 aromatic rings. The molecule has 0 unspecified atom stereocenters. The molecule has 0 bridgehead atoms. The molecule has 2 nitrogen and oxygen atoms in total. The van der Waals surface area contributed by atoms with Crippen LogP contribution in [0.15, 0.2) is 34.1 Å². The molecule has 1 aliphatic heterocycles. The molecule has 20 heavy (non-hydrogen) atoms. The summed E-state index contributed by atoms with van der Waals surface area (Å²) in [4.78, 5) is 15.9. The predicted octanol–water partition coefficient (Wildman–Crippen LogP) is 4.51. The minimum absolute atomic E-state index is 0.0419. The van der Waals surface area contributed by atoms with E-state index < -0.39 is 0 Å². The summed E-state index contributed by atoms with van der Waals surface area (Å²) in [5.41, 5.74) is 3.51. The van der Waals surface area contributed by atoms with Crippen molar-refractivity contribution < 1.29 is 4.79 Å². The third-order valence-electron chi connectivity index (χ3n) is 3.89. The molecular formula is C16H16BrNOS. The second kappa shape index (κ2) is 5.34. The van der Waals surface area contributed by atoms with E-state index in [0.717, 1.165) is 28.7 Å². The number of thiophene rings is 1. The summed E-state index contributed by atoms with van der Waals surface area (Å²) in [5, 5.41) is 2.10. The highest BCUT2D eigenvalue weighted by molar-refractivity contribution is 9.10. The molecule has 104 valence electrons. The number of rotatable bonds is 3.